The Morgan fingerprint density at radius 2 is 1.94 bits per heavy atom. The number of hydrogen-bond donors (Lipinski definition) is 0. The van der Waals surface area contributed by atoms with E-state index in [4.69, 9.17) is 4.74 Å². The average Bonchev–Trinajstić information content (AvgIpc) is 2.91. The van der Waals surface area contributed by atoms with Crippen LogP contribution >= 0.6 is 0 Å². The number of allylic oxidation sites excluding steroid dienone is 1. The summed E-state index contributed by atoms with van der Waals surface area (Å²) >= 11 is 0. The van der Waals surface area contributed by atoms with Gasteiger partial charge < -0.3 is 4.74 Å². The number of ether oxygens (including phenoxy) is 1. The van der Waals surface area contributed by atoms with Crippen molar-refractivity contribution in [1.29, 1.82) is 0 Å². The molecule has 1 aromatic carbocycles. The van der Waals surface area contributed by atoms with E-state index in [1.165, 1.54) is 31.3 Å². The Bertz CT molecular complexity index is 414. The van der Waals surface area contributed by atoms with E-state index in [1.54, 1.807) is 6.08 Å². The molecular weight excluding hydrogens is 224 g/mol. The van der Waals surface area contributed by atoms with Crippen LogP contribution in [0.1, 0.15) is 38.2 Å². The highest BCUT2D eigenvalue weighted by molar-refractivity contribution is 5.82. The van der Waals surface area contributed by atoms with Gasteiger partial charge in [0.1, 0.15) is 6.61 Å². The Labute approximate surface area is 109 Å². The fourth-order valence-electron chi connectivity index (χ4n) is 2.46. The van der Waals surface area contributed by atoms with Gasteiger partial charge in [0.25, 0.3) is 0 Å². The van der Waals surface area contributed by atoms with Crippen LogP contribution in [-0.4, -0.2) is 5.97 Å². The molecule has 18 heavy (non-hydrogen) atoms. The second-order valence-electron chi connectivity index (χ2n) is 4.96. The standard InChI is InChI=1S/C16H20O2/c1-13(15-9-5-6-10-15)11-16(17)18-12-14-7-3-2-4-8-14/h2-4,7-8,11,15H,5-6,9-10,12H2,1H3. The number of carbonyl (C=O) groups excluding carboxylic acids is 1. The predicted octanol–water partition coefficient (Wildman–Crippen LogP) is 3.87. The van der Waals surface area contributed by atoms with Crippen LogP contribution in [0.5, 0.6) is 0 Å². The summed E-state index contributed by atoms with van der Waals surface area (Å²) in [7, 11) is 0. The molecule has 0 aliphatic heterocycles. The second-order valence-corrected chi connectivity index (χ2v) is 4.96. The highest BCUT2D eigenvalue weighted by atomic mass is 16.5. The van der Waals surface area contributed by atoms with Crippen molar-refractivity contribution in [3.63, 3.8) is 0 Å². The molecule has 1 aliphatic carbocycles. The van der Waals surface area contributed by atoms with E-state index in [9.17, 15) is 4.79 Å². The average molecular weight is 244 g/mol. The van der Waals surface area contributed by atoms with Gasteiger partial charge in [-0.1, -0.05) is 48.7 Å². The molecule has 1 aromatic rings. The zero-order chi connectivity index (χ0) is 12.8. The fraction of sp³-hybridized carbons (Fsp3) is 0.438. The minimum Gasteiger partial charge on any atom is -0.458 e. The molecule has 1 fully saturated rings. The quantitative estimate of drug-likeness (QED) is 0.593. The van der Waals surface area contributed by atoms with Gasteiger partial charge in [0.2, 0.25) is 0 Å². The molecule has 1 saturated carbocycles. The topological polar surface area (TPSA) is 26.3 Å². The molecule has 0 saturated heterocycles. The molecule has 0 aromatic heterocycles. The number of esters is 1. The lowest BCUT2D eigenvalue weighted by Crippen LogP contribution is -2.04. The maximum atomic E-state index is 11.7. The van der Waals surface area contributed by atoms with Crippen molar-refractivity contribution in [2.24, 2.45) is 5.92 Å². The van der Waals surface area contributed by atoms with Crippen molar-refractivity contribution in [2.45, 2.75) is 39.2 Å². The first-order valence-electron chi connectivity index (χ1n) is 6.64. The van der Waals surface area contributed by atoms with Gasteiger partial charge in [0.05, 0.1) is 0 Å². The number of hydrogen-bond acceptors (Lipinski definition) is 2. The van der Waals surface area contributed by atoms with Gasteiger partial charge >= 0.3 is 5.97 Å². The Morgan fingerprint density at radius 3 is 2.61 bits per heavy atom. The first-order chi connectivity index (χ1) is 8.75. The lowest BCUT2D eigenvalue weighted by Gasteiger charge is -2.09. The minimum atomic E-state index is -0.219. The monoisotopic (exact) mass is 244 g/mol. The zero-order valence-corrected chi connectivity index (χ0v) is 10.9. The molecule has 0 spiro atoms. The summed E-state index contributed by atoms with van der Waals surface area (Å²) in [4.78, 5) is 11.7. The summed E-state index contributed by atoms with van der Waals surface area (Å²) in [6.07, 6.45) is 6.67. The number of rotatable bonds is 4. The zero-order valence-electron chi connectivity index (χ0n) is 10.9. The van der Waals surface area contributed by atoms with Crippen LogP contribution in [0.4, 0.5) is 0 Å². The molecule has 96 valence electrons. The van der Waals surface area contributed by atoms with Crippen molar-refractivity contribution in [3.8, 4) is 0 Å². The summed E-state index contributed by atoms with van der Waals surface area (Å²) in [6.45, 7) is 2.40. The SMILES string of the molecule is CC(=CC(=O)OCc1ccccc1)C1CCCC1. The van der Waals surface area contributed by atoms with E-state index in [0.29, 0.717) is 12.5 Å². The lowest BCUT2D eigenvalue weighted by molar-refractivity contribution is -0.139. The van der Waals surface area contributed by atoms with Gasteiger partial charge in [-0.05, 0) is 31.2 Å². The number of carbonyl (C=O) groups is 1. The third kappa shape index (κ3) is 3.73. The van der Waals surface area contributed by atoms with Gasteiger partial charge in [-0.15, -0.1) is 0 Å². The van der Waals surface area contributed by atoms with Crippen LogP contribution in [0.3, 0.4) is 0 Å². The summed E-state index contributed by atoms with van der Waals surface area (Å²) in [5.74, 6) is 0.373. The van der Waals surface area contributed by atoms with E-state index in [2.05, 4.69) is 0 Å². The van der Waals surface area contributed by atoms with Crippen molar-refractivity contribution in [2.75, 3.05) is 0 Å². The van der Waals surface area contributed by atoms with Gasteiger partial charge in [-0.25, -0.2) is 4.79 Å². The molecule has 2 heteroatoms. The fourth-order valence-corrected chi connectivity index (χ4v) is 2.46. The van der Waals surface area contributed by atoms with Crippen LogP contribution in [0, 0.1) is 5.92 Å². The van der Waals surface area contributed by atoms with Crippen LogP contribution in [-0.2, 0) is 16.1 Å². The molecule has 1 aliphatic rings. The van der Waals surface area contributed by atoms with Crippen molar-refractivity contribution in [1.82, 2.24) is 0 Å². The van der Waals surface area contributed by atoms with Gasteiger partial charge in [-0.2, -0.15) is 0 Å². The molecule has 0 radical (unpaired) electrons. The van der Waals surface area contributed by atoms with Crippen molar-refractivity contribution >= 4 is 5.97 Å². The van der Waals surface area contributed by atoms with Crippen LogP contribution in [0.2, 0.25) is 0 Å². The first-order valence-corrected chi connectivity index (χ1v) is 6.64. The number of benzene rings is 1. The van der Waals surface area contributed by atoms with E-state index in [0.717, 1.165) is 5.56 Å². The molecule has 0 unspecified atom stereocenters. The Balaban J connectivity index is 1.83. The largest absolute Gasteiger partial charge is 0.458 e. The molecule has 2 nitrogen and oxygen atoms in total. The van der Waals surface area contributed by atoms with Crippen LogP contribution in [0.15, 0.2) is 42.0 Å². The summed E-state index contributed by atoms with van der Waals surface area (Å²) in [6, 6.07) is 9.77. The molecule has 0 amide bonds. The maximum Gasteiger partial charge on any atom is 0.331 e. The molecule has 2 rings (SSSR count). The van der Waals surface area contributed by atoms with E-state index >= 15 is 0 Å². The molecule has 0 N–H and O–H groups in total. The van der Waals surface area contributed by atoms with Crippen molar-refractivity contribution in [3.05, 3.63) is 47.5 Å². The highest BCUT2D eigenvalue weighted by Gasteiger charge is 2.17. The third-order valence-electron chi connectivity index (χ3n) is 3.57. The normalized spacial score (nSPS) is 16.8. The minimum absolute atomic E-state index is 0.219. The Hall–Kier alpha value is -1.57. The lowest BCUT2D eigenvalue weighted by atomic mass is 9.99. The van der Waals surface area contributed by atoms with Gasteiger partial charge in [0, 0.05) is 6.08 Å². The van der Waals surface area contributed by atoms with E-state index in [-0.39, 0.29) is 5.97 Å². The molecular formula is C16H20O2. The smallest absolute Gasteiger partial charge is 0.331 e. The van der Waals surface area contributed by atoms with Crippen LogP contribution < -0.4 is 0 Å². The van der Waals surface area contributed by atoms with E-state index in [1.807, 2.05) is 37.3 Å². The van der Waals surface area contributed by atoms with Gasteiger partial charge in [0.15, 0.2) is 0 Å². The predicted molar refractivity (Wildman–Crippen MR) is 72.0 cm³/mol. The summed E-state index contributed by atoms with van der Waals surface area (Å²) in [5.41, 5.74) is 2.20. The van der Waals surface area contributed by atoms with Crippen molar-refractivity contribution < 1.29 is 9.53 Å². The van der Waals surface area contributed by atoms with E-state index < -0.39 is 0 Å². The van der Waals surface area contributed by atoms with Gasteiger partial charge in [-0.3, -0.25) is 0 Å². The second kappa shape index (κ2) is 6.39. The molecule has 0 atom stereocenters. The third-order valence-corrected chi connectivity index (χ3v) is 3.57. The Morgan fingerprint density at radius 1 is 1.28 bits per heavy atom. The van der Waals surface area contributed by atoms with Crippen LogP contribution in [0.25, 0.3) is 0 Å². The first kappa shape index (κ1) is 12.9. The maximum absolute atomic E-state index is 11.7. The summed E-state index contributed by atoms with van der Waals surface area (Å²) in [5, 5.41) is 0. The molecule has 0 bridgehead atoms. The Kier molecular flexibility index (Phi) is 4.57. The highest BCUT2D eigenvalue weighted by Crippen LogP contribution is 2.30. The molecule has 0 heterocycles. The summed E-state index contributed by atoms with van der Waals surface area (Å²) < 4.78 is 5.24.